The summed E-state index contributed by atoms with van der Waals surface area (Å²) in [6.07, 6.45) is 0. The van der Waals surface area contributed by atoms with Crippen LogP contribution in [-0.2, 0) is 17.9 Å². The van der Waals surface area contributed by atoms with Crippen LogP contribution in [0, 0.1) is 0 Å². The molecule has 0 spiro atoms. The first-order chi connectivity index (χ1) is 10.7. The average molecular weight is 296 g/mol. The van der Waals surface area contributed by atoms with Crippen molar-refractivity contribution in [2.24, 2.45) is 0 Å². The number of hydrogen-bond donors (Lipinski definition) is 0. The molecule has 3 heteroatoms. The van der Waals surface area contributed by atoms with E-state index >= 15 is 0 Å². The third-order valence-corrected chi connectivity index (χ3v) is 3.74. The maximum Gasteiger partial charge on any atom is 0.236 e. The molecule has 0 saturated heterocycles. The Morgan fingerprint density at radius 2 is 1.36 bits per heavy atom. The Labute approximate surface area is 133 Å². The molecule has 0 saturated carbocycles. The van der Waals surface area contributed by atoms with E-state index in [0.717, 1.165) is 18.7 Å². The van der Waals surface area contributed by atoms with E-state index in [1.807, 2.05) is 55.6 Å². The zero-order chi connectivity index (χ0) is 15.8. The predicted molar refractivity (Wildman–Crippen MR) is 90.3 cm³/mol. The Balaban J connectivity index is 1.88. The second-order valence-electron chi connectivity index (χ2n) is 5.52. The summed E-state index contributed by atoms with van der Waals surface area (Å²) >= 11 is 0. The molecule has 0 radical (unpaired) electrons. The van der Waals surface area contributed by atoms with Crippen LogP contribution in [-0.4, -0.2) is 35.8 Å². The molecule has 0 N–H and O–H groups in total. The minimum absolute atomic E-state index is 0.154. The number of likely N-dealkylation sites (N-methyl/N-ethyl adjacent to an activating group) is 2. The third kappa shape index (κ3) is 5.01. The third-order valence-electron chi connectivity index (χ3n) is 3.74. The van der Waals surface area contributed by atoms with Gasteiger partial charge >= 0.3 is 0 Å². The fourth-order valence-corrected chi connectivity index (χ4v) is 2.38. The van der Waals surface area contributed by atoms with E-state index in [1.165, 1.54) is 5.56 Å². The number of nitrogens with zero attached hydrogens (tertiary/aromatic N) is 2. The van der Waals surface area contributed by atoms with Crippen LogP contribution in [0.4, 0.5) is 0 Å². The molecule has 2 rings (SSSR count). The molecule has 116 valence electrons. The molecule has 0 aliphatic carbocycles. The number of carbonyl (C=O) groups is 1. The zero-order valence-electron chi connectivity index (χ0n) is 13.4. The minimum Gasteiger partial charge on any atom is -0.340 e. The highest BCUT2D eigenvalue weighted by Crippen LogP contribution is 2.06. The number of carbonyl (C=O) groups excluding carboxylic acids is 1. The molecule has 0 aliphatic heterocycles. The minimum atomic E-state index is 0.154. The van der Waals surface area contributed by atoms with E-state index < -0.39 is 0 Å². The van der Waals surface area contributed by atoms with Gasteiger partial charge in [-0.1, -0.05) is 67.6 Å². The average Bonchev–Trinajstić information content (AvgIpc) is 2.56. The van der Waals surface area contributed by atoms with Gasteiger partial charge in [-0.3, -0.25) is 9.69 Å². The monoisotopic (exact) mass is 296 g/mol. The highest BCUT2D eigenvalue weighted by molar-refractivity contribution is 5.78. The fourth-order valence-electron chi connectivity index (χ4n) is 2.38. The van der Waals surface area contributed by atoms with Gasteiger partial charge in [0.05, 0.1) is 6.54 Å². The van der Waals surface area contributed by atoms with E-state index in [1.54, 1.807) is 4.90 Å². The molecule has 1 amide bonds. The van der Waals surface area contributed by atoms with E-state index in [9.17, 15) is 4.79 Å². The molecule has 2 aromatic rings. The van der Waals surface area contributed by atoms with Gasteiger partial charge in [0.25, 0.3) is 0 Å². The normalized spacial score (nSPS) is 10.7. The van der Waals surface area contributed by atoms with Crippen molar-refractivity contribution in [2.45, 2.75) is 20.0 Å². The van der Waals surface area contributed by atoms with Crippen molar-refractivity contribution in [3.05, 3.63) is 71.8 Å². The molecule has 0 atom stereocenters. The first-order valence-corrected chi connectivity index (χ1v) is 7.73. The largest absolute Gasteiger partial charge is 0.340 e. The van der Waals surface area contributed by atoms with Gasteiger partial charge in [-0.15, -0.1) is 0 Å². The van der Waals surface area contributed by atoms with Crippen molar-refractivity contribution in [2.75, 3.05) is 20.1 Å². The van der Waals surface area contributed by atoms with Gasteiger partial charge in [0.2, 0.25) is 5.91 Å². The van der Waals surface area contributed by atoms with Gasteiger partial charge in [-0.2, -0.15) is 0 Å². The van der Waals surface area contributed by atoms with Crippen LogP contribution < -0.4 is 0 Å². The summed E-state index contributed by atoms with van der Waals surface area (Å²) in [5.74, 6) is 0.154. The summed E-state index contributed by atoms with van der Waals surface area (Å²) in [5, 5.41) is 0. The van der Waals surface area contributed by atoms with Crippen molar-refractivity contribution < 1.29 is 4.79 Å². The first-order valence-electron chi connectivity index (χ1n) is 7.73. The molecular formula is C19H24N2O. The van der Waals surface area contributed by atoms with Crippen LogP contribution in [0.15, 0.2) is 60.7 Å². The molecule has 3 nitrogen and oxygen atoms in total. The van der Waals surface area contributed by atoms with Crippen LogP contribution in [0.1, 0.15) is 18.1 Å². The molecule has 0 unspecified atom stereocenters. The lowest BCUT2D eigenvalue weighted by atomic mass is 10.2. The SMILES string of the molecule is CCN(CC(=O)N(C)Cc1ccccc1)Cc1ccccc1. The van der Waals surface area contributed by atoms with Gasteiger partial charge < -0.3 is 4.90 Å². The number of hydrogen-bond acceptors (Lipinski definition) is 2. The summed E-state index contributed by atoms with van der Waals surface area (Å²) in [7, 11) is 1.87. The molecule has 0 fully saturated rings. The smallest absolute Gasteiger partial charge is 0.236 e. The molecule has 22 heavy (non-hydrogen) atoms. The zero-order valence-corrected chi connectivity index (χ0v) is 13.4. The van der Waals surface area contributed by atoms with Crippen molar-refractivity contribution >= 4 is 5.91 Å². The molecule has 0 bridgehead atoms. The van der Waals surface area contributed by atoms with Crippen LogP contribution in [0.25, 0.3) is 0 Å². The van der Waals surface area contributed by atoms with E-state index in [2.05, 4.69) is 24.0 Å². The predicted octanol–water partition coefficient (Wildman–Crippen LogP) is 3.17. The second-order valence-corrected chi connectivity index (χ2v) is 5.52. The maximum absolute atomic E-state index is 12.4. The Morgan fingerprint density at radius 3 is 1.86 bits per heavy atom. The van der Waals surface area contributed by atoms with E-state index in [0.29, 0.717) is 13.1 Å². The topological polar surface area (TPSA) is 23.6 Å². The lowest BCUT2D eigenvalue weighted by Gasteiger charge is -2.24. The molecule has 0 aliphatic rings. The number of amides is 1. The molecular weight excluding hydrogens is 272 g/mol. The van der Waals surface area contributed by atoms with Crippen LogP contribution >= 0.6 is 0 Å². The fraction of sp³-hybridized carbons (Fsp3) is 0.316. The quantitative estimate of drug-likeness (QED) is 0.783. The van der Waals surface area contributed by atoms with E-state index in [4.69, 9.17) is 0 Å². The lowest BCUT2D eigenvalue weighted by molar-refractivity contribution is -0.131. The summed E-state index contributed by atoms with van der Waals surface area (Å²) in [5.41, 5.74) is 2.40. The lowest BCUT2D eigenvalue weighted by Crippen LogP contribution is -2.37. The molecule has 0 heterocycles. The first kappa shape index (κ1) is 16.2. The summed E-state index contributed by atoms with van der Waals surface area (Å²) in [4.78, 5) is 16.4. The van der Waals surface area contributed by atoms with Gasteiger partial charge in [-0.05, 0) is 17.7 Å². The van der Waals surface area contributed by atoms with E-state index in [-0.39, 0.29) is 5.91 Å². The number of rotatable bonds is 7. The van der Waals surface area contributed by atoms with Gasteiger partial charge in [0.15, 0.2) is 0 Å². The van der Waals surface area contributed by atoms with Crippen molar-refractivity contribution in [1.82, 2.24) is 9.80 Å². The van der Waals surface area contributed by atoms with Crippen molar-refractivity contribution in [1.29, 1.82) is 0 Å². The van der Waals surface area contributed by atoms with Crippen LogP contribution in [0.2, 0.25) is 0 Å². The van der Waals surface area contributed by atoms with Gasteiger partial charge in [0.1, 0.15) is 0 Å². The Kier molecular flexibility index (Phi) is 6.16. The van der Waals surface area contributed by atoms with Gasteiger partial charge in [0, 0.05) is 20.1 Å². The highest BCUT2D eigenvalue weighted by atomic mass is 16.2. The van der Waals surface area contributed by atoms with Gasteiger partial charge in [-0.25, -0.2) is 0 Å². The Morgan fingerprint density at radius 1 is 0.864 bits per heavy atom. The number of benzene rings is 2. The standard InChI is InChI=1S/C19H24N2O/c1-3-21(15-18-12-8-5-9-13-18)16-19(22)20(2)14-17-10-6-4-7-11-17/h4-13H,3,14-16H2,1-2H3. The van der Waals surface area contributed by atoms with Crippen LogP contribution in [0.3, 0.4) is 0 Å². The Bertz CT molecular complexity index is 569. The summed E-state index contributed by atoms with van der Waals surface area (Å²) in [6.45, 7) is 4.87. The molecule has 0 aromatic heterocycles. The highest BCUT2D eigenvalue weighted by Gasteiger charge is 2.14. The van der Waals surface area contributed by atoms with Crippen molar-refractivity contribution in [3.63, 3.8) is 0 Å². The maximum atomic E-state index is 12.4. The Hall–Kier alpha value is -2.13. The second kappa shape index (κ2) is 8.35. The van der Waals surface area contributed by atoms with Crippen LogP contribution in [0.5, 0.6) is 0 Å². The summed E-state index contributed by atoms with van der Waals surface area (Å²) in [6, 6.07) is 20.4. The summed E-state index contributed by atoms with van der Waals surface area (Å²) < 4.78 is 0. The van der Waals surface area contributed by atoms with Crippen molar-refractivity contribution in [3.8, 4) is 0 Å². The molecule has 2 aromatic carbocycles.